The normalized spacial score (nSPS) is 22.6. The van der Waals surface area contributed by atoms with E-state index < -0.39 is 6.04 Å². The molecule has 9 nitrogen and oxygen atoms in total. The van der Waals surface area contributed by atoms with Crippen LogP contribution in [-0.4, -0.2) is 70.6 Å². The van der Waals surface area contributed by atoms with Crippen molar-refractivity contribution in [1.82, 2.24) is 15.2 Å². The summed E-state index contributed by atoms with van der Waals surface area (Å²) >= 11 is 0. The number of nitrogens with zero attached hydrogens (tertiary/aromatic N) is 2. The van der Waals surface area contributed by atoms with Crippen LogP contribution in [0.15, 0.2) is 18.5 Å². The van der Waals surface area contributed by atoms with Crippen molar-refractivity contribution in [1.29, 1.82) is 5.41 Å². The molecule has 2 aliphatic heterocycles. The molecule has 0 aliphatic carbocycles. The van der Waals surface area contributed by atoms with Crippen LogP contribution >= 0.6 is 0 Å². The molecule has 1 unspecified atom stereocenters. The fourth-order valence-electron chi connectivity index (χ4n) is 4.21. The first-order valence-corrected chi connectivity index (χ1v) is 10.7. The molecule has 3 rings (SSSR count). The van der Waals surface area contributed by atoms with Gasteiger partial charge in [-0.2, -0.15) is 0 Å². The number of amides is 2. The summed E-state index contributed by atoms with van der Waals surface area (Å²) in [4.78, 5) is 42.9. The monoisotopic (exact) mass is 429 g/mol. The second kappa shape index (κ2) is 9.55. The van der Waals surface area contributed by atoms with Crippen molar-refractivity contribution in [3.63, 3.8) is 0 Å². The van der Waals surface area contributed by atoms with E-state index in [2.05, 4.69) is 15.6 Å². The highest BCUT2D eigenvalue weighted by Crippen LogP contribution is 2.25. The number of aromatic nitrogens is 1. The van der Waals surface area contributed by atoms with Crippen LogP contribution in [0.4, 0.5) is 5.69 Å². The smallest absolute Gasteiger partial charge is 0.243 e. The van der Waals surface area contributed by atoms with Crippen molar-refractivity contribution in [2.24, 2.45) is 0 Å². The molecule has 0 bridgehead atoms. The third kappa shape index (κ3) is 5.66. The molecular weight excluding hydrogens is 398 g/mol. The number of Topliss-reactive ketones (excluding diaryl/α,β-unsaturated/α-hetero) is 1. The zero-order valence-electron chi connectivity index (χ0n) is 18.4. The van der Waals surface area contributed by atoms with Gasteiger partial charge in [-0.25, -0.2) is 0 Å². The highest BCUT2D eigenvalue weighted by molar-refractivity contribution is 6.45. The van der Waals surface area contributed by atoms with Gasteiger partial charge >= 0.3 is 0 Å². The molecule has 2 fully saturated rings. The van der Waals surface area contributed by atoms with Crippen molar-refractivity contribution in [2.75, 3.05) is 25.0 Å². The third-order valence-corrected chi connectivity index (χ3v) is 5.79. The van der Waals surface area contributed by atoms with E-state index in [1.165, 1.54) is 19.3 Å². The first kappa shape index (κ1) is 22.9. The molecule has 0 spiro atoms. The Morgan fingerprint density at radius 2 is 2.10 bits per heavy atom. The number of likely N-dealkylation sites (tertiary alicyclic amines) is 1. The average Bonchev–Trinajstić information content (AvgIpc) is 3.21. The van der Waals surface area contributed by atoms with Crippen LogP contribution in [-0.2, 0) is 19.1 Å². The van der Waals surface area contributed by atoms with Crippen LogP contribution in [0.5, 0.6) is 0 Å². The van der Waals surface area contributed by atoms with Gasteiger partial charge in [-0.3, -0.25) is 24.8 Å². The van der Waals surface area contributed by atoms with Crippen LogP contribution in [0.25, 0.3) is 0 Å². The lowest BCUT2D eigenvalue weighted by molar-refractivity contribution is -0.138. The Balaban J connectivity index is 1.60. The first-order valence-electron chi connectivity index (χ1n) is 10.7. The Morgan fingerprint density at radius 1 is 1.32 bits per heavy atom. The molecule has 0 saturated carbocycles. The van der Waals surface area contributed by atoms with Crippen LogP contribution in [0.1, 0.15) is 52.0 Å². The molecule has 168 valence electrons. The van der Waals surface area contributed by atoms with Crippen molar-refractivity contribution in [3.8, 4) is 0 Å². The van der Waals surface area contributed by atoms with E-state index in [9.17, 15) is 14.4 Å². The van der Waals surface area contributed by atoms with Crippen molar-refractivity contribution in [2.45, 2.75) is 64.1 Å². The lowest BCUT2D eigenvalue weighted by Crippen LogP contribution is -2.52. The second-order valence-corrected chi connectivity index (χ2v) is 8.76. The maximum atomic E-state index is 12.9. The number of hydrogen-bond donors (Lipinski definition) is 3. The van der Waals surface area contributed by atoms with Crippen LogP contribution in [0.2, 0.25) is 0 Å². The van der Waals surface area contributed by atoms with E-state index in [0.29, 0.717) is 30.8 Å². The number of rotatable bonds is 7. The molecule has 2 amide bonds. The van der Waals surface area contributed by atoms with E-state index >= 15 is 0 Å². The quantitative estimate of drug-likeness (QED) is 0.565. The fraction of sp³-hybridized carbons (Fsp3) is 0.591. The summed E-state index contributed by atoms with van der Waals surface area (Å²) in [5.74, 6) is -0.684. The first-order chi connectivity index (χ1) is 14.7. The summed E-state index contributed by atoms with van der Waals surface area (Å²) in [7, 11) is 0. The molecule has 2 aliphatic rings. The molecule has 9 heteroatoms. The highest BCUT2D eigenvalue weighted by atomic mass is 16.5. The predicted molar refractivity (Wildman–Crippen MR) is 116 cm³/mol. The summed E-state index contributed by atoms with van der Waals surface area (Å²) in [6.45, 7) is 6.45. The molecule has 3 N–H and O–H groups in total. The summed E-state index contributed by atoms with van der Waals surface area (Å²) in [5, 5.41) is 14.0. The minimum absolute atomic E-state index is 0.0437. The Morgan fingerprint density at radius 3 is 2.81 bits per heavy atom. The molecule has 2 atom stereocenters. The Hall–Kier alpha value is -2.81. The van der Waals surface area contributed by atoms with Gasteiger partial charge < -0.3 is 20.3 Å². The molecule has 3 heterocycles. The molecule has 1 aromatic heterocycles. The van der Waals surface area contributed by atoms with E-state index in [-0.39, 0.29) is 41.5 Å². The Kier molecular flexibility index (Phi) is 7.04. The van der Waals surface area contributed by atoms with Crippen LogP contribution < -0.4 is 10.6 Å². The fourth-order valence-corrected chi connectivity index (χ4v) is 4.21. The summed E-state index contributed by atoms with van der Waals surface area (Å²) in [6, 6.07) is 1.13. The lowest BCUT2D eigenvalue weighted by atomic mass is 9.93. The van der Waals surface area contributed by atoms with E-state index in [0.717, 1.165) is 19.3 Å². The minimum Gasteiger partial charge on any atom is -0.375 e. The highest BCUT2D eigenvalue weighted by Gasteiger charge is 2.36. The summed E-state index contributed by atoms with van der Waals surface area (Å²) < 4.78 is 5.71. The van der Waals surface area contributed by atoms with Gasteiger partial charge in [0.05, 0.1) is 24.0 Å². The maximum absolute atomic E-state index is 12.9. The largest absolute Gasteiger partial charge is 0.375 e. The van der Waals surface area contributed by atoms with E-state index in [1.54, 1.807) is 11.0 Å². The number of ketones is 1. The van der Waals surface area contributed by atoms with Crippen molar-refractivity contribution in [3.05, 3.63) is 24.0 Å². The Bertz CT molecular complexity index is 869. The standard InChI is InChI=1S/C22H31N5O4/c1-14(28)20(23)16-6-8-24-12-17(16)25-13-19(29)27-9-4-5-18(27)21(30)26-15-7-10-31-22(2,3)11-15/h6,8,12,15,18,23,25H,4-5,7,9-11,13H2,1-3H3,(H,26,30)/t15?,18-/m0/s1. The van der Waals surface area contributed by atoms with Crippen molar-refractivity contribution < 1.29 is 19.1 Å². The minimum atomic E-state index is -0.482. The zero-order valence-corrected chi connectivity index (χ0v) is 18.4. The molecule has 31 heavy (non-hydrogen) atoms. The van der Waals surface area contributed by atoms with Gasteiger partial charge in [0.1, 0.15) is 11.8 Å². The zero-order chi connectivity index (χ0) is 22.6. The van der Waals surface area contributed by atoms with Gasteiger partial charge in [-0.15, -0.1) is 0 Å². The van der Waals surface area contributed by atoms with Gasteiger partial charge in [0.15, 0.2) is 5.78 Å². The molecule has 1 aromatic rings. The molecule has 0 radical (unpaired) electrons. The number of nitrogens with one attached hydrogen (secondary N) is 3. The van der Waals surface area contributed by atoms with Gasteiger partial charge in [-0.05, 0) is 45.6 Å². The third-order valence-electron chi connectivity index (χ3n) is 5.79. The number of anilines is 1. The number of hydrogen-bond acceptors (Lipinski definition) is 7. The topological polar surface area (TPSA) is 124 Å². The number of carbonyl (C=O) groups excluding carboxylic acids is 3. The number of ether oxygens (including phenoxy) is 1. The van der Waals surface area contributed by atoms with Crippen LogP contribution in [0.3, 0.4) is 0 Å². The molecule has 0 aromatic carbocycles. The SMILES string of the molecule is CC(=O)C(=N)c1ccncc1NCC(=O)N1CCC[C@H]1C(=O)NC1CCOC(C)(C)C1. The maximum Gasteiger partial charge on any atom is 0.243 e. The van der Waals surface area contributed by atoms with Crippen LogP contribution in [0, 0.1) is 5.41 Å². The predicted octanol–water partition coefficient (Wildman–Crippen LogP) is 1.52. The summed E-state index contributed by atoms with van der Waals surface area (Å²) in [5.41, 5.74) is 0.435. The average molecular weight is 430 g/mol. The van der Waals surface area contributed by atoms with Crippen molar-refractivity contribution >= 4 is 29.0 Å². The number of carbonyl (C=O) groups is 3. The lowest BCUT2D eigenvalue weighted by Gasteiger charge is -2.36. The molecular formula is C22H31N5O4. The van der Waals surface area contributed by atoms with E-state index in [4.69, 9.17) is 10.1 Å². The van der Waals surface area contributed by atoms with Gasteiger partial charge in [0.2, 0.25) is 11.8 Å². The second-order valence-electron chi connectivity index (χ2n) is 8.76. The van der Waals surface area contributed by atoms with E-state index in [1.807, 2.05) is 13.8 Å². The van der Waals surface area contributed by atoms with Gasteiger partial charge in [0, 0.05) is 37.9 Å². The summed E-state index contributed by atoms with van der Waals surface area (Å²) in [6.07, 6.45) is 5.91. The molecule has 2 saturated heterocycles. The Labute approximate surface area is 182 Å². The van der Waals surface area contributed by atoms with Gasteiger partial charge in [0.25, 0.3) is 0 Å². The number of pyridine rings is 1. The van der Waals surface area contributed by atoms with Gasteiger partial charge in [-0.1, -0.05) is 0 Å².